The lowest BCUT2D eigenvalue weighted by Crippen LogP contribution is -2.40. The second-order valence-electron chi connectivity index (χ2n) is 9.09. The molecule has 3 aromatic heterocycles. The molecule has 0 unspecified atom stereocenters. The lowest BCUT2D eigenvalue weighted by molar-refractivity contribution is 0.352. The number of anilines is 1. The van der Waals surface area contributed by atoms with E-state index >= 15 is 0 Å². The van der Waals surface area contributed by atoms with Gasteiger partial charge in [-0.3, -0.25) is 13.9 Å². The number of aromatic nitrogens is 5. The third kappa shape index (κ3) is 3.99. The maximum Gasteiger partial charge on any atom is 0.332 e. The summed E-state index contributed by atoms with van der Waals surface area (Å²) in [4.78, 5) is 37.5. The van der Waals surface area contributed by atoms with E-state index < -0.39 is 0 Å². The van der Waals surface area contributed by atoms with Crippen LogP contribution in [0, 0.1) is 11.8 Å². The summed E-state index contributed by atoms with van der Waals surface area (Å²) in [6, 6.07) is 8.14. The summed E-state index contributed by atoms with van der Waals surface area (Å²) < 4.78 is 6.86. The molecule has 4 heterocycles. The predicted molar refractivity (Wildman–Crippen MR) is 136 cm³/mol. The summed E-state index contributed by atoms with van der Waals surface area (Å²) in [7, 11) is 3.21. The molecule has 5 rings (SSSR count). The molecule has 0 amide bonds. The Morgan fingerprint density at radius 3 is 2.52 bits per heavy atom. The van der Waals surface area contributed by atoms with Crippen LogP contribution in [0.1, 0.15) is 20.3 Å². The van der Waals surface area contributed by atoms with Gasteiger partial charge in [0.2, 0.25) is 5.95 Å². The Hall–Kier alpha value is -2.59. The number of hydrogen-bond acceptors (Lipinski definition) is 7. The maximum atomic E-state index is 13.2. The first-order chi connectivity index (χ1) is 15.8. The van der Waals surface area contributed by atoms with E-state index in [1.54, 1.807) is 30.1 Å². The highest BCUT2D eigenvalue weighted by Gasteiger charge is 2.28. The Labute approximate surface area is 199 Å². The number of thioether (sulfide) groups is 1. The Kier molecular flexibility index (Phi) is 5.82. The van der Waals surface area contributed by atoms with Gasteiger partial charge in [-0.05, 0) is 30.4 Å². The van der Waals surface area contributed by atoms with Crippen LogP contribution in [0.3, 0.4) is 0 Å². The molecule has 1 aliphatic rings. The third-order valence-electron chi connectivity index (χ3n) is 6.29. The number of aryl methyl sites for hydroxylation is 2. The van der Waals surface area contributed by atoms with Crippen LogP contribution in [0.25, 0.3) is 21.4 Å². The normalized spacial score (nSPS) is 19.1. The Bertz CT molecular complexity index is 1410. The summed E-state index contributed by atoms with van der Waals surface area (Å²) >= 11 is 3.38. The molecule has 0 radical (unpaired) electrons. The van der Waals surface area contributed by atoms with E-state index in [9.17, 15) is 9.59 Å². The molecule has 0 aliphatic carbocycles. The van der Waals surface area contributed by atoms with Crippen molar-refractivity contribution in [2.24, 2.45) is 25.9 Å². The summed E-state index contributed by atoms with van der Waals surface area (Å²) in [5.41, 5.74) is 1.31. The molecule has 0 saturated carbocycles. The first-order valence-corrected chi connectivity index (χ1v) is 13.0. The number of imidazole rings is 1. The number of piperidine rings is 1. The zero-order valence-corrected chi connectivity index (χ0v) is 20.9. The fourth-order valence-electron chi connectivity index (χ4n) is 4.85. The highest BCUT2D eigenvalue weighted by atomic mass is 32.2. The lowest BCUT2D eigenvalue weighted by Gasteiger charge is -2.35. The first-order valence-electron chi connectivity index (χ1n) is 11.2. The molecule has 0 bridgehead atoms. The van der Waals surface area contributed by atoms with Crippen molar-refractivity contribution in [1.29, 1.82) is 0 Å². The number of para-hydroxylation sites is 1. The van der Waals surface area contributed by atoms with Crippen LogP contribution in [-0.4, -0.2) is 42.5 Å². The summed E-state index contributed by atoms with van der Waals surface area (Å²) in [6.45, 7) is 6.92. The predicted octanol–water partition coefficient (Wildman–Crippen LogP) is 3.32. The van der Waals surface area contributed by atoms with Crippen LogP contribution < -0.4 is 16.1 Å². The summed E-state index contributed by atoms with van der Waals surface area (Å²) in [5.74, 6) is 2.63. The van der Waals surface area contributed by atoms with Gasteiger partial charge < -0.3 is 9.47 Å². The van der Waals surface area contributed by atoms with Gasteiger partial charge in [0.15, 0.2) is 15.5 Å². The van der Waals surface area contributed by atoms with Crippen LogP contribution >= 0.6 is 23.1 Å². The highest BCUT2D eigenvalue weighted by molar-refractivity contribution is 8.01. The van der Waals surface area contributed by atoms with Gasteiger partial charge in [-0.2, -0.15) is 4.98 Å². The van der Waals surface area contributed by atoms with Crippen LogP contribution in [0.15, 0.2) is 38.2 Å². The quantitative estimate of drug-likeness (QED) is 0.405. The number of rotatable bonds is 5. The topological polar surface area (TPSA) is 78.0 Å². The molecule has 33 heavy (non-hydrogen) atoms. The molecule has 0 spiro atoms. The minimum atomic E-state index is -0.354. The molecule has 174 valence electrons. The second kappa shape index (κ2) is 8.64. The number of nitrogens with zero attached hydrogens (tertiary/aromatic N) is 6. The molecule has 1 fully saturated rings. The molecular formula is C23H28N6O2S2. The van der Waals surface area contributed by atoms with Crippen LogP contribution in [0.5, 0.6) is 0 Å². The monoisotopic (exact) mass is 484 g/mol. The van der Waals surface area contributed by atoms with Crippen molar-refractivity contribution in [1.82, 2.24) is 23.7 Å². The molecule has 1 saturated heterocycles. The van der Waals surface area contributed by atoms with Gasteiger partial charge in [0.25, 0.3) is 5.56 Å². The fourth-order valence-corrected chi connectivity index (χ4v) is 6.91. The largest absolute Gasteiger partial charge is 0.342 e. The summed E-state index contributed by atoms with van der Waals surface area (Å²) in [6.07, 6.45) is 1.18. The van der Waals surface area contributed by atoms with E-state index in [1.165, 1.54) is 27.3 Å². The van der Waals surface area contributed by atoms with Gasteiger partial charge in [-0.25, -0.2) is 9.78 Å². The van der Waals surface area contributed by atoms with Crippen molar-refractivity contribution in [3.8, 4) is 0 Å². The van der Waals surface area contributed by atoms with Crippen LogP contribution in [0.4, 0.5) is 5.95 Å². The van der Waals surface area contributed by atoms with Crippen molar-refractivity contribution in [3.05, 3.63) is 45.1 Å². The molecule has 8 nitrogen and oxygen atoms in total. The van der Waals surface area contributed by atoms with Crippen molar-refractivity contribution in [2.45, 2.75) is 31.2 Å². The van der Waals surface area contributed by atoms with E-state index in [2.05, 4.69) is 24.8 Å². The summed E-state index contributed by atoms with van der Waals surface area (Å²) in [5, 5.41) is 0. The molecule has 4 aromatic rings. The Balaban J connectivity index is 1.53. The smallest absolute Gasteiger partial charge is 0.332 e. The second-order valence-corrected chi connectivity index (χ2v) is 11.5. The van der Waals surface area contributed by atoms with Crippen molar-refractivity contribution in [3.63, 3.8) is 0 Å². The Morgan fingerprint density at radius 1 is 1.06 bits per heavy atom. The van der Waals surface area contributed by atoms with Crippen molar-refractivity contribution in [2.75, 3.05) is 23.7 Å². The van der Waals surface area contributed by atoms with Gasteiger partial charge in [0.05, 0.1) is 10.2 Å². The van der Waals surface area contributed by atoms with E-state index in [0.717, 1.165) is 34.6 Å². The zero-order chi connectivity index (χ0) is 23.3. The average molecular weight is 485 g/mol. The molecular weight excluding hydrogens is 456 g/mol. The SMILES string of the molecule is C[C@@H]1C[C@H](C)CN(c2nc3c(c(=O)n(C)c(=O)n3C)n2CCSc2nc3ccccc3s2)C1. The van der Waals surface area contributed by atoms with Crippen molar-refractivity contribution >= 4 is 50.4 Å². The molecule has 0 N–H and O–H groups in total. The fraction of sp³-hybridized carbons (Fsp3) is 0.478. The standard InChI is InChI=1S/C23H28N6O2S2/c1-14-11-15(2)13-28(12-14)21-25-19-18(20(30)27(4)23(31)26(19)3)29(21)9-10-32-22-24-16-7-5-6-8-17(16)33-22/h5-8,14-15H,9-13H2,1-4H3/t14-,15+. The van der Waals surface area contributed by atoms with Gasteiger partial charge >= 0.3 is 5.69 Å². The minimum Gasteiger partial charge on any atom is -0.342 e. The van der Waals surface area contributed by atoms with Crippen molar-refractivity contribution < 1.29 is 0 Å². The maximum absolute atomic E-state index is 13.2. The Morgan fingerprint density at radius 2 is 1.79 bits per heavy atom. The third-order valence-corrected chi connectivity index (χ3v) is 8.45. The molecule has 1 aliphatic heterocycles. The van der Waals surface area contributed by atoms with Gasteiger partial charge in [0, 0.05) is 39.5 Å². The number of benzene rings is 1. The average Bonchev–Trinajstić information content (AvgIpc) is 3.37. The van der Waals surface area contributed by atoms with E-state index in [1.807, 2.05) is 22.8 Å². The van der Waals surface area contributed by atoms with E-state index in [-0.39, 0.29) is 11.2 Å². The number of hydrogen-bond donors (Lipinski definition) is 0. The van der Waals surface area contributed by atoms with Gasteiger partial charge in [-0.1, -0.05) is 37.7 Å². The highest BCUT2D eigenvalue weighted by Crippen LogP contribution is 2.31. The van der Waals surface area contributed by atoms with Crippen LogP contribution in [0.2, 0.25) is 0 Å². The van der Waals surface area contributed by atoms with Crippen LogP contribution in [-0.2, 0) is 20.6 Å². The lowest BCUT2D eigenvalue weighted by atomic mass is 9.92. The first kappa shape index (κ1) is 22.2. The van der Waals surface area contributed by atoms with Gasteiger partial charge in [0.1, 0.15) is 0 Å². The number of thiazole rings is 1. The molecule has 10 heteroatoms. The van der Waals surface area contributed by atoms with Gasteiger partial charge in [-0.15, -0.1) is 11.3 Å². The minimum absolute atomic E-state index is 0.296. The molecule has 1 aromatic carbocycles. The number of fused-ring (bicyclic) bond motifs is 2. The zero-order valence-electron chi connectivity index (χ0n) is 19.3. The molecule has 2 atom stereocenters. The van der Waals surface area contributed by atoms with E-state index in [0.29, 0.717) is 29.5 Å². The van der Waals surface area contributed by atoms with E-state index in [4.69, 9.17) is 9.97 Å².